The third-order valence-electron chi connectivity index (χ3n) is 6.47. The van der Waals surface area contributed by atoms with Gasteiger partial charge in [0, 0.05) is 0 Å². The summed E-state index contributed by atoms with van der Waals surface area (Å²) in [5.41, 5.74) is -0.580. The Bertz CT molecular complexity index is 558. The molecular formula is C18H25F2O7S-. The van der Waals surface area contributed by atoms with Crippen LogP contribution < -0.4 is 5.26 Å². The Morgan fingerprint density at radius 3 is 2.29 bits per heavy atom. The van der Waals surface area contributed by atoms with Crippen LogP contribution >= 0.6 is 12.0 Å². The normalized spacial score (nSPS) is 33.7. The third kappa shape index (κ3) is 4.44. The second-order valence-electron chi connectivity index (χ2n) is 8.15. The number of halogens is 2. The van der Waals surface area contributed by atoms with Gasteiger partial charge in [0.05, 0.1) is 0 Å². The lowest BCUT2D eigenvalue weighted by atomic mass is 9.49. The molecule has 4 rings (SSSR count). The van der Waals surface area contributed by atoms with Crippen LogP contribution in [0.15, 0.2) is 0 Å². The Kier molecular flexibility index (Phi) is 6.84. The standard InChI is InChI=1S/C18H26F2O7S/c1-2-3-4-17(13-6-11-5-12(8-13)9-14(17)7-11)25-15(21)10-24-16(22)18(19,20)28-27-26-23/h11-14,23H,2-10H2,1H3/p-1. The number of rotatable bonds is 10. The number of hydrogen-bond acceptors (Lipinski definition) is 8. The highest BCUT2D eigenvalue weighted by molar-refractivity contribution is 7.96. The number of ether oxygens (including phenoxy) is 2. The second kappa shape index (κ2) is 8.81. The minimum atomic E-state index is -4.17. The van der Waals surface area contributed by atoms with E-state index >= 15 is 0 Å². The smallest absolute Gasteiger partial charge is 0.415 e. The van der Waals surface area contributed by atoms with Gasteiger partial charge in [-0.3, -0.25) is 5.04 Å². The zero-order valence-electron chi connectivity index (χ0n) is 15.7. The molecule has 7 nitrogen and oxygen atoms in total. The van der Waals surface area contributed by atoms with Crippen molar-refractivity contribution in [1.82, 2.24) is 0 Å². The van der Waals surface area contributed by atoms with Gasteiger partial charge in [0.25, 0.3) is 0 Å². The Labute approximate surface area is 166 Å². The van der Waals surface area contributed by atoms with Crippen LogP contribution in [0, 0.1) is 23.7 Å². The van der Waals surface area contributed by atoms with E-state index in [2.05, 4.69) is 21.0 Å². The number of alkyl halides is 2. The van der Waals surface area contributed by atoms with Crippen molar-refractivity contribution in [3.8, 4) is 0 Å². The van der Waals surface area contributed by atoms with Crippen LogP contribution in [-0.4, -0.2) is 29.4 Å². The fourth-order valence-corrected chi connectivity index (χ4v) is 5.84. The van der Waals surface area contributed by atoms with E-state index in [9.17, 15) is 23.6 Å². The van der Waals surface area contributed by atoms with Crippen molar-refractivity contribution in [2.45, 2.75) is 69.1 Å². The van der Waals surface area contributed by atoms with Gasteiger partial charge >= 0.3 is 17.2 Å². The van der Waals surface area contributed by atoms with Gasteiger partial charge < -0.3 is 14.7 Å². The summed E-state index contributed by atoms with van der Waals surface area (Å²) in [7, 11) is 0. The molecule has 0 amide bonds. The molecule has 4 aliphatic carbocycles. The summed E-state index contributed by atoms with van der Waals surface area (Å²) in [6, 6.07) is 0. The average Bonchev–Trinajstić information content (AvgIpc) is 2.65. The summed E-state index contributed by atoms with van der Waals surface area (Å²) in [5.74, 6) is -0.873. The van der Waals surface area contributed by atoms with Crippen LogP contribution in [0.25, 0.3) is 0 Å². The molecule has 10 heteroatoms. The Balaban J connectivity index is 1.61. The quantitative estimate of drug-likeness (QED) is 0.229. The summed E-state index contributed by atoms with van der Waals surface area (Å²) >= 11 is -0.792. The van der Waals surface area contributed by atoms with Crippen LogP contribution in [0.2, 0.25) is 0 Å². The fourth-order valence-electron chi connectivity index (χ4n) is 5.60. The van der Waals surface area contributed by atoms with E-state index in [0.717, 1.165) is 44.9 Å². The molecule has 28 heavy (non-hydrogen) atoms. The fraction of sp³-hybridized carbons (Fsp3) is 0.889. The number of hydrogen-bond donors (Lipinski definition) is 0. The highest BCUT2D eigenvalue weighted by Gasteiger charge is 2.59. The predicted molar refractivity (Wildman–Crippen MR) is 91.1 cm³/mol. The molecule has 4 saturated carbocycles. The van der Waals surface area contributed by atoms with Gasteiger partial charge in [-0.2, -0.15) is 13.1 Å². The van der Waals surface area contributed by atoms with E-state index in [1.165, 1.54) is 6.42 Å². The first-order valence-corrected chi connectivity index (χ1v) is 10.5. The lowest BCUT2D eigenvalue weighted by Gasteiger charge is -2.60. The number of carbonyl (C=O) groups excluding carboxylic acids is 2. The molecule has 0 N–H and O–H groups in total. The van der Waals surface area contributed by atoms with Gasteiger partial charge in [0.1, 0.15) is 17.6 Å². The molecule has 0 aromatic rings. The van der Waals surface area contributed by atoms with Crippen molar-refractivity contribution in [1.29, 1.82) is 0 Å². The molecule has 0 radical (unpaired) electrons. The van der Waals surface area contributed by atoms with Crippen molar-refractivity contribution in [2.24, 2.45) is 23.7 Å². The Hall–Kier alpha value is -0.970. The molecule has 4 fully saturated rings. The van der Waals surface area contributed by atoms with Gasteiger partial charge in [-0.15, -0.1) is 0 Å². The largest absolute Gasteiger partial charge is 0.691 e. The minimum Gasteiger partial charge on any atom is -0.691 e. The zero-order valence-corrected chi connectivity index (χ0v) is 16.5. The lowest BCUT2D eigenvalue weighted by molar-refractivity contribution is -0.777. The monoisotopic (exact) mass is 423 g/mol. The molecule has 0 spiro atoms. The third-order valence-corrected chi connectivity index (χ3v) is 6.97. The lowest BCUT2D eigenvalue weighted by Crippen LogP contribution is -2.60. The van der Waals surface area contributed by atoms with Crippen molar-refractivity contribution < 1.29 is 42.5 Å². The zero-order chi connectivity index (χ0) is 20.4. The van der Waals surface area contributed by atoms with Gasteiger partial charge in [-0.1, -0.05) is 13.3 Å². The van der Waals surface area contributed by atoms with Crippen molar-refractivity contribution in [3.63, 3.8) is 0 Å². The Morgan fingerprint density at radius 1 is 1.14 bits per heavy atom. The molecular weight excluding hydrogens is 398 g/mol. The summed E-state index contributed by atoms with van der Waals surface area (Å²) in [5, 5.41) is 8.25. The molecule has 4 aliphatic rings. The molecule has 0 atom stereocenters. The molecule has 0 aliphatic heterocycles. The van der Waals surface area contributed by atoms with Crippen LogP contribution in [0.1, 0.15) is 58.3 Å². The van der Waals surface area contributed by atoms with Crippen LogP contribution in [0.5, 0.6) is 0 Å². The summed E-state index contributed by atoms with van der Waals surface area (Å²) in [4.78, 5) is 23.8. The Morgan fingerprint density at radius 2 is 1.75 bits per heavy atom. The first kappa shape index (κ1) is 21.7. The van der Waals surface area contributed by atoms with Gasteiger partial charge in [-0.25, -0.2) is 9.59 Å². The van der Waals surface area contributed by atoms with E-state index in [1.807, 2.05) is 0 Å². The average molecular weight is 423 g/mol. The summed E-state index contributed by atoms with van der Waals surface area (Å²) in [6.07, 6.45) is 8.01. The molecule has 0 aromatic carbocycles. The van der Waals surface area contributed by atoms with Crippen molar-refractivity contribution in [3.05, 3.63) is 0 Å². The van der Waals surface area contributed by atoms with Crippen molar-refractivity contribution in [2.75, 3.05) is 6.61 Å². The molecule has 0 saturated heterocycles. The molecule has 0 unspecified atom stereocenters. The number of esters is 2. The molecule has 160 valence electrons. The summed E-state index contributed by atoms with van der Waals surface area (Å²) in [6.45, 7) is 1.16. The molecule has 0 heterocycles. The van der Waals surface area contributed by atoms with Crippen LogP contribution in [0.4, 0.5) is 8.78 Å². The van der Waals surface area contributed by atoms with E-state index in [0.29, 0.717) is 11.8 Å². The maximum atomic E-state index is 13.4. The maximum Gasteiger partial charge on any atom is 0.415 e. The molecule has 4 bridgehead atoms. The predicted octanol–water partition coefficient (Wildman–Crippen LogP) is 2.92. The van der Waals surface area contributed by atoms with Gasteiger partial charge in [0.15, 0.2) is 6.61 Å². The first-order valence-electron chi connectivity index (χ1n) is 9.72. The highest BCUT2D eigenvalue weighted by Crippen LogP contribution is 2.61. The maximum absolute atomic E-state index is 13.4. The number of carbonyl (C=O) groups is 2. The van der Waals surface area contributed by atoms with Gasteiger partial charge in [0.2, 0.25) is 0 Å². The SMILES string of the molecule is CCCCC1(OC(=O)COC(=O)C(F)(F)SOO[O-])C2CC3CC(C2)CC1C3. The van der Waals surface area contributed by atoms with E-state index < -0.39 is 41.4 Å². The van der Waals surface area contributed by atoms with E-state index in [4.69, 9.17) is 4.74 Å². The minimum absolute atomic E-state index is 0.287. The first-order chi connectivity index (χ1) is 13.3. The van der Waals surface area contributed by atoms with Crippen LogP contribution in [0.3, 0.4) is 0 Å². The highest BCUT2D eigenvalue weighted by atomic mass is 32.2. The van der Waals surface area contributed by atoms with E-state index in [-0.39, 0.29) is 11.8 Å². The van der Waals surface area contributed by atoms with Crippen molar-refractivity contribution >= 4 is 24.0 Å². The van der Waals surface area contributed by atoms with Gasteiger partial charge in [-0.05, 0) is 68.6 Å². The van der Waals surface area contributed by atoms with Crippen LogP contribution in [-0.2, 0) is 28.4 Å². The van der Waals surface area contributed by atoms with E-state index in [1.54, 1.807) is 0 Å². The molecule has 0 aromatic heterocycles. The number of unbranched alkanes of at least 4 members (excludes halogenated alkanes) is 1. The topological polar surface area (TPSA) is 94.1 Å². The summed E-state index contributed by atoms with van der Waals surface area (Å²) < 4.78 is 40.5. The second-order valence-corrected chi connectivity index (χ2v) is 8.96.